The minimum atomic E-state index is -0.795. The van der Waals surface area contributed by atoms with Gasteiger partial charge < -0.3 is 20.6 Å². The van der Waals surface area contributed by atoms with E-state index in [2.05, 4.69) is 15.6 Å². The number of carbonyl (C=O) groups is 3. The minimum Gasteiger partial charge on any atom is -0.391 e. The highest BCUT2D eigenvalue weighted by atomic mass is 32.1. The summed E-state index contributed by atoms with van der Waals surface area (Å²) >= 11 is 1.60. The molecule has 1 aromatic heterocycles. The Bertz CT molecular complexity index is 1080. The molecule has 1 saturated heterocycles. The number of hydrogen-bond donors (Lipinski definition) is 3. The van der Waals surface area contributed by atoms with Crippen LogP contribution in [0, 0.1) is 19.3 Å². The van der Waals surface area contributed by atoms with E-state index in [0.29, 0.717) is 6.54 Å². The van der Waals surface area contributed by atoms with Gasteiger partial charge in [-0.25, -0.2) is 4.98 Å². The molecule has 0 radical (unpaired) electrons. The fourth-order valence-electron chi connectivity index (χ4n) is 4.28. The van der Waals surface area contributed by atoms with Gasteiger partial charge >= 0.3 is 0 Å². The molecule has 0 bridgehead atoms. The van der Waals surface area contributed by atoms with Gasteiger partial charge in [-0.3, -0.25) is 14.4 Å². The van der Waals surface area contributed by atoms with Gasteiger partial charge in [0.25, 0.3) is 0 Å². The molecule has 2 aromatic rings. The fraction of sp³-hybridized carbons (Fsp3) is 0.520. The molecule has 1 aliphatic rings. The van der Waals surface area contributed by atoms with Crippen LogP contribution in [0.1, 0.15) is 50.9 Å². The van der Waals surface area contributed by atoms with Gasteiger partial charge in [0.1, 0.15) is 12.1 Å². The van der Waals surface area contributed by atoms with Crippen molar-refractivity contribution >= 4 is 29.1 Å². The third-order valence-electron chi connectivity index (χ3n) is 6.07. The largest absolute Gasteiger partial charge is 0.391 e. The summed E-state index contributed by atoms with van der Waals surface area (Å²) in [5, 5.41) is 15.9. The highest BCUT2D eigenvalue weighted by Crippen LogP contribution is 2.30. The van der Waals surface area contributed by atoms with Gasteiger partial charge in [-0.1, -0.05) is 39.0 Å². The second-order valence-electron chi connectivity index (χ2n) is 10.0. The number of aromatic nitrogens is 1. The fourth-order valence-corrected chi connectivity index (χ4v) is 5.18. The summed E-state index contributed by atoms with van der Waals surface area (Å²) in [7, 11) is 0. The van der Waals surface area contributed by atoms with Crippen molar-refractivity contribution in [1.29, 1.82) is 0 Å². The van der Waals surface area contributed by atoms with E-state index < -0.39 is 23.6 Å². The molecule has 3 N–H and O–H groups in total. The summed E-state index contributed by atoms with van der Waals surface area (Å²) in [6, 6.07) is 4.46. The van der Waals surface area contributed by atoms with Crippen molar-refractivity contribution < 1.29 is 19.5 Å². The number of carbonyl (C=O) groups excluding carboxylic acids is 3. The number of likely N-dealkylation sites (tertiary alicyclic amines) is 1. The second-order valence-corrected chi connectivity index (χ2v) is 10.9. The summed E-state index contributed by atoms with van der Waals surface area (Å²) in [4.78, 5) is 44.9. The monoisotopic (exact) mass is 486 g/mol. The summed E-state index contributed by atoms with van der Waals surface area (Å²) in [6.45, 7) is 11.3. The van der Waals surface area contributed by atoms with Crippen LogP contribution >= 0.6 is 11.3 Å². The molecule has 3 amide bonds. The minimum absolute atomic E-state index is 0.0606. The average Bonchev–Trinajstić information content (AvgIpc) is 3.34. The summed E-state index contributed by atoms with van der Waals surface area (Å²) in [5.41, 5.74) is 5.43. The third kappa shape index (κ3) is 5.82. The van der Waals surface area contributed by atoms with Crippen LogP contribution in [0.5, 0.6) is 0 Å². The zero-order valence-electron chi connectivity index (χ0n) is 20.6. The molecule has 0 spiro atoms. The Hall–Kier alpha value is -2.78. The molecule has 184 valence electrons. The topological polar surface area (TPSA) is 112 Å². The van der Waals surface area contributed by atoms with Crippen molar-refractivity contribution in [2.75, 3.05) is 6.54 Å². The highest BCUT2D eigenvalue weighted by molar-refractivity contribution is 7.13. The predicted molar refractivity (Wildman–Crippen MR) is 132 cm³/mol. The van der Waals surface area contributed by atoms with Crippen LogP contribution < -0.4 is 10.6 Å². The van der Waals surface area contributed by atoms with Gasteiger partial charge in [-0.05, 0) is 36.0 Å². The number of aliphatic hydroxyl groups is 1. The first kappa shape index (κ1) is 25.8. The normalized spacial score (nSPS) is 19.1. The van der Waals surface area contributed by atoms with Crippen molar-refractivity contribution in [2.45, 2.75) is 72.7 Å². The first-order valence-electron chi connectivity index (χ1n) is 11.4. The molecular formula is C25H34N4O4S. The molecule has 9 heteroatoms. The Morgan fingerprint density at radius 1 is 1.26 bits per heavy atom. The average molecular weight is 487 g/mol. The molecule has 1 aliphatic heterocycles. The predicted octanol–water partition coefficient (Wildman–Crippen LogP) is 2.56. The van der Waals surface area contributed by atoms with E-state index in [9.17, 15) is 19.5 Å². The van der Waals surface area contributed by atoms with Crippen LogP contribution in [0.25, 0.3) is 10.4 Å². The second kappa shape index (κ2) is 10.2. The van der Waals surface area contributed by atoms with Crippen LogP contribution in [0.4, 0.5) is 0 Å². The van der Waals surface area contributed by atoms with E-state index >= 15 is 0 Å². The van der Waals surface area contributed by atoms with Crippen molar-refractivity contribution in [2.24, 2.45) is 5.41 Å². The third-order valence-corrected chi connectivity index (χ3v) is 7.03. The number of nitrogens with one attached hydrogen (secondary N) is 2. The maximum Gasteiger partial charge on any atom is 0.246 e. The number of aliphatic hydroxyl groups excluding tert-OH is 1. The molecular weight excluding hydrogens is 452 g/mol. The zero-order chi connectivity index (χ0) is 25.2. The molecule has 1 aromatic carbocycles. The van der Waals surface area contributed by atoms with Crippen LogP contribution in [0.15, 0.2) is 23.7 Å². The maximum atomic E-state index is 13.3. The number of nitrogens with zero attached hydrogens (tertiary/aromatic N) is 2. The molecule has 0 saturated carbocycles. The summed E-state index contributed by atoms with van der Waals surface area (Å²) < 4.78 is 0. The molecule has 3 rings (SSSR count). The first-order chi connectivity index (χ1) is 15.9. The van der Waals surface area contributed by atoms with E-state index in [4.69, 9.17) is 0 Å². The number of rotatable bonds is 6. The number of thiazole rings is 1. The van der Waals surface area contributed by atoms with Crippen LogP contribution in [-0.4, -0.2) is 57.4 Å². The molecule has 2 heterocycles. The molecule has 8 nitrogen and oxygen atoms in total. The lowest BCUT2D eigenvalue weighted by Gasteiger charge is -2.35. The van der Waals surface area contributed by atoms with E-state index in [1.165, 1.54) is 11.8 Å². The van der Waals surface area contributed by atoms with Crippen LogP contribution in [-0.2, 0) is 20.9 Å². The summed E-state index contributed by atoms with van der Waals surface area (Å²) in [6.07, 6.45) is -0.626. The number of hydrogen-bond acceptors (Lipinski definition) is 6. The Labute approximate surface area is 204 Å². The van der Waals surface area contributed by atoms with Gasteiger partial charge in [0.2, 0.25) is 17.7 Å². The molecule has 1 fully saturated rings. The van der Waals surface area contributed by atoms with Crippen molar-refractivity contribution in [3.05, 3.63) is 40.5 Å². The number of benzene rings is 1. The van der Waals surface area contributed by atoms with Gasteiger partial charge in [-0.15, -0.1) is 11.3 Å². The molecule has 0 unspecified atom stereocenters. The van der Waals surface area contributed by atoms with Crippen LogP contribution in [0.3, 0.4) is 0 Å². The van der Waals surface area contributed by atoms with Crippen molar-refractivity contribution in [3.63, 3.8) is 0 Å². The van der Waals surface area contributed by atoms with Crippen molar-refractivity contribution in [3.8, 4) is 10.4 Å². The molecule has 34 heavy (non-hydrogen) atoms. The number of β-amino-alcohol motifs (C(OH)–C–C–N with tert-alkyl or cyclic N) is 1. The maximum absolute atomic E-state index is 13.3. The quantitative estimate of drug-likeness (QED) is 0.581. The lowest BCUT2D eigenvalue weighted by Crippen LogP contribution is -2.57. The Morgan fingerprint density at radius 3 is 2.53 bits per heavy atom. The number of amides is 3. The zero-order valence-corrected chi connectivity index (χ0v) is 21.5. The molecule has 0 aliphatic carbocycles. The Kier molecular flexibility index (Phi) is 7.77. The number of aryl methyl sites for hydroxylation is 2. The van der Waals surface area contributed by atoms with E-state index in [1.807, 2.05) is 58.3 Å². The SMILES string of the molecule is CC(=O)N[C@H](C(=O)N1C[C@H](O)C[C@H]1C(=O)NCc1ccc(-c2scnc2C)c(C)c1)C(C)(C)C. The van der Waals surface area contributed by atoms with Gasteiger partial charge in [-0.2, -0.15) is 0 Å². The Balaban J connectivity index is 1.71. The lowest BCUT2D eigenvalue weighted by atomic mass is 9.85. The highest BCUT2D eigenvalue weighted by Gasteiger charge is 2.44. The van der Waals surface area contributed by atoms with Crippen LogP contribution in [0.2, 0.25) is 0 Å². The molecule has 3 atom stereocenters. The smallest absolute Gasteiger partial charge is 0.246 e. The van der Waals surface area contributed by atoms with Gasteiger partial charge in [0, 0.05) is 26.4 Å². The van der Waals surface area contributed by atoms with Gasteiger partial charge in [0.15, 0.2) is 0 Å². The van der Waals surface area contributed by atoms with E-state index in [1.54, 1.807) is 11.3 Å². The lowest BCUT2D eigenvalue weighted by molar-refractivity contribution is -0.143. The van der Waals surface area contributed by atoms with Crippen molar-refractivity contribution in [1.82, 2.24) is 20.5 Å². The Morgan fingerprint density at radius 2 is 1.97 bits per heavy atom. The summed E-state index contributed by atoms with van der Waals surface area (Å²) in [5.74, 6) is -0.999. The standard InChI is InChI=1S/C25H34N4O4S/c1-14-9-17(7-8-19(14)21-15(2)27-13-34-21)11-26-23(32)20-10-18(31)12-29(20)24(33)22(25(4,5)6)28-16(3)30/h7-9,13,18,20,22,31H,10-12H2,1-6H3,(H,26,32)(H,28,30)/t18-,20+,22-/m1/s1. The van der Waals surface area contributed by atoms with Gasteiger partial charge in [0.05, 0.1) is 22.2 Å². The first-order valence-corrected chi connectivity index (χ1v) is 12.3. The van der Waals surface area contributed by atoms with E-state index in [-0.39, 0.29) is 30.7 Å². The van der Waals surface area contributed by atoms with E-state index in [0.717, 1.165) is 27.3 Å².